The summed E-state index contributed by atoms with van der Waals surface area (Å²) < 4.78 is 25.0. The highest BCUT2D eigenvalue weighted by atomic mass is 32.2. The van der Waals surface area contributed by atoms with E-state index in [1.807, 2.05) is 0 Å². The van der Waals surface area contributed by atoms with Gasteiger partial charge in [-0.3, -0.25) is 9.59 Å². The van der Waals surface area contributed by atoms with Gasteiger partial charge in [-0.15, -0.1) is 0 Å². The number of benzene rings is 2. The fourth-order valence-corrected chi connectivity index (χ4v) is 3.12. The molecule has 0 saturated heterocycles. The fourth-order valence-electron chi connectivity index (χ4n) is 1.77. The number of amides is 2. The van der Waals surface area contributed by atoms with Crippen molar-refractivity contribution in [3.05, 3.63) is 59.7 Å². The SMILES string of the molecule is NC(=O)c1cccc(S(=O)(=O)c2cccc(C(N)=O)c2)c1. The molecule has 0 fully saturated rings. The number of carbonyl (C=O) groups is 2. The van der Waals surface area contributed by atoms with Crippen molar-refractivity contribution >= 4 is 21.7 Å². The van der Waals surface area contributed by atoms with Gasteiger partial charge < -0.3 is 11.5 Å². The van der Waals surface area contributed by atoms with E-state index in [9.17, 15) is 18.0 Å². The van der Waals surface area contributed by atoms with Crippen molar-refractivity contribution < 1.29 is 18.0 Å². The molecular formula is C14H12N2O4S. The summed E-state index contributed by atoms with van der Waals surface area (Å²) in [7, 11) is -3.87. The van der Waals surface area contributed by atoms with Crippen LogP contribution in [0.2, 0.25) is 0 Å². The first-order chi connectivity index (χ1) is 9.82. The van der Waals surface area contributed by atoms with Crippen LogP contribution in [0.5, 0.6) is 0 Å². The first-order valence-electron chi connectivity index (χ1n) is 5.87. The molecule has 2 rings (SSSR count). The third-order valence-electron chi connectivity index (χ3n) is 2.86. The number of hydrogen-bond donors (Lipinski definition) is 2. The standard InChI is InChI=1S/C14H12N2O4S/c15-13(17)9-3-1-5-11(7-9)21(19,20)12-6-2-4-10(8-12)14(16)18/h1-8H,(H2,15,17)(H2,16,18). The topological polar surface area (TPSA) is 120 Å². The van der Waals surface area contributed by atoms with Crippen molar-refractivity contribution in [2.24, 2.45) is 11.5 Å². The zero-order valence-electron chi connectivity index (χ0n) is 10.8. The van der Waals surface area contributed by atoms with Crippen LogP contribution in [0.15, 0.2) is 58.3 Å². The molecule has 0 spiro atoms. The van der Waals surface area contributed by atoms with E-state index in [-0.39, 0.29) is 20.9 Å². The number of nitrogens with two attached hydrogens (primary N) is 2. The molecule has 21 heavy (non-hydrogen) atoms. The highest BCUT2D eigenvalue weighted by Crippen LogP contribution is 2.22. The van der Waals surface area contributed by atoms with Crippen molar-refractivity contribution in [2.45, 2.75) is 9.79 Å². The van der Waals surface area contributed by atoms with E-state index in [0.29, 0.717) is 0 Å². The molecule has 7 heteroatoms. The zero-order chi connectivity index (χ0) is 15.6. The highest BCUT2D eigenvalue weighted by Gasteiger charge is 2.19. The summed E-state index contributed by atoms with van der Waals surface area (Å²) >= 11 is 0. The van der Waals surface area contributed by atoms with E-state index in [1.54, 1.807) is 0 Å². The van der Waals surface area contributed by atoms with E-state index in [1.165, 1.54) is 48.5 Å². The molecule has 0 bridgehead atoms. The normalized spacial score (nSPS) is 11.0. The van der Waals surface area contributed by atoms with Gasteiger partial charge in [0.1, 0.15) is 0 Å². The molecule has 0 unspecified atom stereocenters. The molecule has 2 aromatic carbocycles. The van der Waals surface area contributed by atoms with Gasteiger partial charge in [0.05, 0.1) is 9.79 Å². The molecule has 0 heterocycles. The van der Waals surface area contributed by atoms with Crippen LogP contribution in [0, 0.1) is 0 Å². The molecule has 108 valence electrons. The number of primary amides is 2. The Morgan fingerprint density at radius 2 is 1.14 bits per heavy atom. The molecule has 0 saturated carbocycles. The summed E-state index contributed by atoms with van der Waals surface area (Å²) in [6, 6.07) is 10.7. The minimum atomic E-state index is -3.87. The predicted octanol–water partition coefficient (Wildman–Crippen LogP) is 0.717. The molecule has 0 aliphatic rings. The Morgan fingerprint density at radius 1 is 0.762 bits per heavy atom. The maximum atomic E-state index is 12.5. The first-order valence-corrected chi connectivity index (χ1v) is 7.35. The van der Waals surface area contributed by atoms with Crippen LogP contribution >= 0.6 is 0 Å². The smallest absolute Gasteiger partial charge is 0.248 e. The quantitative estimate of drug-likeness (QED) is 0.864. The third kappa shape index (κ3) is 2.92. The minimum Gasteiger partial charge on any atom is -0.366 e. The number of sulfone groups is 1. The Morgan fingerprint density at radius 3 is 1.48 bits per heavy atom. The van der Waals surface area contributed by atoms with Gasteiger partial charge in [-0.25, -0.2) is 8.42 Å². The van der Waals surface area contributed by atoms with Crippen LogP contribution in [0.3, 0.4) is 0 Å². The first kappa shape index (κ1) is 14.7. The van der Waals surface area contributed by atoms with E-state index in [2.05, 4.69) is 0 Å². The van der Waals surface area contributed by atoms with Gasteiger partial charge >= 0.3 is 0 Å². The summed E-state index contributed by atoms with van der Waals surface area (Å²) in [6.07, 6.45) is 0. The van der Waals surface area contributed by atoms with Crippen molar-refractivity contribution in [3.63, 3.8) is 0 Å². The van der Waals surface area contributed by atoms with Gasteiger partial charge in [-0.2, -0.15) is 0 Å². The fraction of sp³-hybridized carbons (Fsp3) is 0. The van der Waals surface area contributed by atoms with E-state index in [0.717, 1.165) is 0 Å². The second-order valence-electron chi connectivity index (χ2n) is 4.29. The van der Waals surface area contributed by atoms with Crippen LogP contribution in [0.1, 0.15) is 20.7 Å². The number of carbonyl (C=O) groups excluding carboxylic acids is 2. The average molecular weight is 304 g/mol. The molecule has 4 N–H and O–H groups in total. The molecule has 0 aliphatic heterocycles. The lowest BCUT2D eigenvalue weighted by Crippen LogP contribution is -2.13. The van der Waals surface area contributed by atoms with Crippen LogP contribution < -0.4 is 11.5 Å². The second kappa shape index (κ2) is 5.37. The lowest BCUT2D eigenvalue weighted by atomic mass is 10.2. The van der Waals surface area contributed by atoms with Crippen molar-refractivity contribution in [1.82, 2.24) is 0 Å². The molecule has 0 aromatic heterocycles. The third-order valence-corrected chi connectivity index (χ3v) is 4.61. The average Bonchev–Trinajstić information content (AvgIpc) is 2.47. The molecule has 6 nitrogen and oxygen atoms in total. The van der Waals surface area contributed by atoms with Gasteiger partial charge in [-0.1, -0.05) is 12.1 Å². The second-order valence-corrected chi connectivity index (χ2v) is 6.24. The molecule has 2 aromatic rings. The maximum Gasteiger partial charge on any atom is 0.248 e. The Balaban J connectivity index is 2.57. The Kier molecular flexibility index (Phi) is 3.77. The summed E-state index contributed by atoms with van der Waals surface area (Å²) in [5.74, 6) is -1.45. The lowest BCUT2D eigenvalue weighted by molar-refractivity contribution is 0.0991. The monoisotopic (exact) mass is 304 g/mol. The Labute approximate surface area is 121 Å². The molecule has 0 radical (unpaired) electrons. The maximum absolute atomic E-state index is 12.5. The summed E-state index contributed by atoms with van der Waals surface area (Å²) in [5, 5.41) is 0. The van der Waals surface area contributed by atoms with Gasteiger partial charge in [0.25, 0.3) is 0 Å². The summed E-state index contributed by atoms with van der Waals surface area (Å²) in [5.41, 5.74) is 10.4. The predicted molar refractivity (Wildman–Crippen MR) is 75.4 cm³/mol. The van der Waals surface area contributed by atoms with Crippen molar-refractivity contribution in [1.29, 1.82) is 0 Å². The van der Waals surface area contributed by atoms with Crippen LogP contribution in [-0.4, -0.2) is 20.2 Å². The van der Waals surface area contributed by atoms with Crippen molar-refractivity contribution in [3.8, 4) is 0 Å². The van der Waals surface area contributed by atoms with Crippen molar-refractivity contribution in [2.75, 3.05) is 0 Å². The van der Waals surface area contributed by atoms with Gasteiger partial charge in [0, 0.05) is 11.1 Å². The van der Waals surface area contributed by atoms with Gasteiger partial charge in [-0.05, 0) is 36.4 Å². The number of rotatable bonds is 4. The zero-order valence-corrected chi connectivity index (χ0v) is 11.6. The highest BCUT2D eigenvalue weighted by molar-refractivity contribution is 7.91. The summed E-state index contributed by atoms with van der Waals surface area (Å²) in [4.78, 5) is 22.1. The summed E-state index contributed by atoms with van der Waals surface area (Å²) in [6.45, 7) is 0. The van der Waals surface area contributed by atoms with Gasteiger partial charge in [0.15, 0.2) is 0 Å². The Bertz CT molecular complexity index is 765. The van der Waals surface area contributed by atoms with E-state index < -0.39 is 21.7 Å². The van der Waals surface area contributed by atoms with Crippen LogP contribution in [0.25, 0.3) is 0 Å². The van der Waals surface area contributed by atoms with Crippen LogP contribution in [-0.2, 0) is 9.84 Å². The molecule has 0 aliphatic carbocycles. The van der Waals surface area contributed by atoms with E-state index in [4.69, 9.17) is 11.5 Å². The molecule has 0 atom stereocenters. The molecule has 2 amide bonds. The van der Waals surface area contributed by atoms with E-state index >= 15 is 0 Å². The molecular weight excluding hydrogens is 292 g/mol. The Hall–Kier alpha value is -2.67. The lowest BCUT2D eigenvalue weighted by Gasteiger charge is -2.06. The minimum absolute atomic E-state index is 0.0829. The van der Waals surface area contributed by atoms with Gasteiger partial charge in [0.2, 0.25) is 21.7 Å². The number of hydrogen-bond acceptors (Lipinski definition) is 4. The largest absolute Gasteiger partial charge is 0.366 e. The van der Waals surface area contributed by atoms with Crippen LogP contribution in [0.4, 0.5) is 0 Å².